The van der Waals surface area contributed by atoms with Gasteiger partial charge in [-0.15, -0.1) is 0 Å². The Morgan fingerprint density at radius 2 is 1.96 bits per heavy atom. The van der Waals surface area contributed by atoms with E-state index in [4.69, 9.17) is 21.5 Å². The van der Waals surface area contributed by atoms with Gasteiger partial charge in [0.2, 0.25) is 6.23 Å². The van der Waals surface area contributed by atoms with Crippen LogP contribution in [0.15, 0.2) is 60.0 Å². The monoisotopic (exact) mass is 370 g/mol. The van der Waals surface area contributed by atoms with E-state index in [1.54, 1.807) is 24.7 Å². The molecule has 0 radical (unpaired) electrons. The van der Waals surface area contributed by atoms with E-state index >= 15 is 0 Å². The van der Waals surface area contributed by atoms with Crippen molar-refractivity contribution in [1.29, 1.82) is 0 Å². The molecule has 1 aliphatic heterocycles. The number of aliphatic imine (C=N–C) groups is 1. The van der Waals surface area contributed by atoms with Gasteiger partial charge in [0.1, 0.15) is 0 Å². The second-order valence-electron chi connectivity index (χ2n) is 5.40. The Balaban J connectivity index is 0.000000447. The zero-order valence-electron chi connectivity index (χ0n) is 13.7. The maximum atomic E-state index is 10.4. The number of carboxylic acid groups (broad SMARTS) is 1. The van der Waals surface area contributed by atoms with Crippen LogP contribution in [0.2, 0.25) is 5.02 Å². The topological polar surface area (TPSA) is 101 Å². The largest absolute Gasteiger partial charge is 0.481 e. The van der Waals surface area contributed by atoms with Crippen LogP contribution in [-0.4, -0.2) is 36.4 Å². The fourth-order valence-electron chi connectivity index (χ4n) is 2.57. The minimum Gasteiger partial charge on any atom is -0.481 e. The van der Waals surface area contributed by atoms with E-state index in [0.29, 0.717) is 22.3 Å². The number of pyridine rings is 1. The number of imidazole rings is 1. The highest BCUT2D eigenvalue weighted by Crippen LogP contribution is 2.29. The zero-order chi connectivity index (χ0) is 18.7. The first-order valence-electron chi connectivity index (χ1n) is 7.67. The number of hydrogen-bond acceptors (Lipinski definition) is 5. The first-order chi connectivity index (χ1) is 12.5. The molecule has 8 heteroatoms. The van der Waals surface area contributed by atoms with Crippen LogP contribution >= 0.6 is 11.6 Å². The molecule has 26 heavy (non-hydrogen) atoms. The van der Waals surface area contributed by atoms with Crippen LogP contribution in [0.5, 0.6) is 0 Å². The molecule has 132 valence electrons. The number of aliphatic hydroxyl groups is 1. The molecule has 2 aromatic heterocycles. The fraction of sp³-hybridized carbons (Fsp3) is 0.111. The molecule has 2 N–H and O–H groups in total. The van der Waals surface area contributed by atoms with Gasteiger partial charge < -0.3 is 10.2 Å². The minimum absolute atomic E-state index is 0.467. The predicted molar refractivity (Wildman–Crippen MR) is 96.7 cm³/mol. The third-order valence-corrected chi connectivity index (χ3v) is 3.77. The Morgan fingerprint density at radius 3 is 2.65 bits per heavy atom. The van der Waals surface area contributed by atoms with E-state index in [1.807, 2.05) is 34.9 Å². The molecule has 0 bridgehead atoms. The normalized spacial score (nSPS) is 14.9. The van der Waals surface area contributed by atoms with Gasteiger partial charge in [0.15, 0.2) is 5.82 Å². The van der Waals surface area contributed by atoms with Gasteiger partial charge in [-0.05, 0) is 30.3 Å². The van der Waals surface area contributed by atoms with Gasteiger partial charge in [-0.25, -0.2) is 9.98 Å². The number of aromatic nitrogens is 3. The number of hydrogen-bond donors (Lipinski definition) is 2. The lowest BCUT2D eigenvalue weighted by Crippen LogP contribution is -2.08. The summed E-state index contributed by atoms with van der Waals surface area (Å²) in [4.78, 5) is 21.9. The van der Waals surface area contributed by atoms with E-state index in [2.05, 4.69) is 15.0 Å². The third-order valence-electron chi connectivity index (χ3n) is 3.53. The lowest BCUT2D eigenvalue weighted by Gasteiger charge is -2.11. The van der Waals surface area contributed by atoms with Gasteiger partial charge in [-0.3, -0.25) is 14.3 Å². The van der Waals surface area contributed by atoms with E-state index < -0.39 is 12.2 Å². The quantitative estimate of drug-likeness (QED) is 0.686. The van der Waals surface area contributed by atoms with Gasteiger partial charge in [0.25, 0.3) is 5.97 Å². The lowest BCUT2D eigenvalue weighted by atomic mass is 10.0. The van der Waals surface area contributed by atoms with Gasteiger partial charge in [-0.1, -0.05) is 17.7 Å². The molecule has 0 saturated heterocycles. The van der Waals surface area contributed by atoms with E-state index in [1.165, 1.54) is 0 Å². The van der Waals surface area contributed by atoms with Crippen molar-refractivity contribution in [2.24, 2.45) is 4.99 Å². The lowest BCUT2D eigenvalue weighted by molar-refractivity contribution is -0.134. The highest BCUT2D eigenvalue weighted by atomic mass is 35.5. The number of halogens is 1. The Bertz CT molecular complexity index is 966. The first-order valence-corrected chi connectivity index (χ1v) is 8.05. The van der Waals surface area contributed by atoms with Crippen LogP contribution < -0.4 is 0 Å². The number of aliphatic hydroxyl groups excluding tert-OH is 1. The molecule has 0 aliphatic carbocycles. The first kappa shape index (κ1) is 17.8. The Hall–Kier alpha value is -3.03. The average molecular weight is 371 g/mol. The van der Waals surface area contributed by atoms with E-state index in [0.717, 1.165) is 18.2 Å². The number of carboxylic acids is 1. The van der Waals surface area contributed by atoms with E-state index in [-0.39, 0.29) is 0 Å². The SMILES string of the molecule is CC(=O)O.OC1N=C(c2ccccn2)c2cc(Cl)ccc2-n2ccnc21. The van der Waals surface area contributed by atoms with E-state index in [9.17, 15) is 5.11 Å². The van der Waals surface area contributed by atoms with Crippen molar-refractivity contribution in [2.45, 2.75) is 13.2 Å². The van der Waals surface area contributed by atoms with Crippen LogP contribution in [0.1, 0.15) is 30.2 Å². The van der Waals surface area contributed by atoms with Gasteiger partial charge in [0.05, 0.1) is 17.1 Å². The second kappa shape index (κ2) is 7.47. The van der Waals surface area contributed by atoms with Crippen LogP contribution in [0.25, 0.3) is 5.69 Å². The zero-order valence-corrected chi connectivity index (χ0v) is 14.5. The average Bonchev–Trinajstić information content (AvgIpc) is 3.05. The maximum Gasteiger partial charge on any atom is 0.300 e. The summed E-state index contributed by atoms with van der Waals surface area (Å²) >= 11 is 6.16. The standard InChI is InChI=1S/C16H11ClN4O.C2H4O2/c17-10-4-5-13-11(9-10)14(12-3-1-2-6-18-12)20-16(22)15-19-7-8-21(13)15;1-2(3)4/h1-9,16,22H;1H3,(H,3,4). The summed E-state index contributed by atoms with van der Waals surface area (Å²) in [6.45, 7) is 1.08. The van der Waals surface area contributed by atoms with Crippen molar-refractivity contribution < 1.29 is 15.0 Å². The molecular weight excluding hydrogens is 356 g/mol. The summed E-state index contributed by atoms with van der Waals surface area (Å²) < 4.78 is 1.82. The number of carbonyl (C=O) groups is 1. The molecule has 1 atom stereocenters. The Morgan fingerprint density at radius 1 is 1.19 bits per heavy atom. The number of nitrogens with zero attached hydrogens (tertiary/aromatic N) is 4. The number of rotatable bonds is 1. The minimum atomic E-state index is -1.06. The molecule has 3 heterocycles. The van der Waals surface area contributed by atoms with Gasteiger partial charge in [-0.2, -0.15) is 0 Å². The van der Waals surface area contributed by atoms with Gasteiger partial charge >= 0.3 is 0 Å². The smallest absolute Gasteiger partial charge is 0.300 e. The molecule has 0 spiro atoms. The van der Waals surface area contributed by atoms with Crippen LogP contribution in [0, 0.1) is 0 Å². The van der Waals surface area contributed by atoms with Crippen molar-refractivity contribution in [3.63, 3.8) is 0 Å². The van der Waals surface area contributed by atoms with Crippen molar-refractivity contribution in [3.05, 3.63) is 77.1 Å². The molecule has 3 aromatic rings. The summed E-state index contributed by atoms with van der Waals surface area (Å²) in [6, 6.07) is 11.1. The molecule has 4 rings (SSSR count). The van der Waals surface area contributed by atoms with Crippen LogP contribution in [-0.2, 0) is 4.79 Å². The summed E-state index contributed by atoms with van der Waals surface area (Å²) in [5, 5.41) is 18.4. The maximum absolute atomic E-state index is 10.4. The number of benzene rings is 1. The summed E-state index contributed by atoms with van der Waals surface area (Å²) in [5.74, 6) is -0.366. The molecule has 7 nitrogen and oxygen atoms in total. The summed E-state index contributed by atoms with van der Waals surface area (Å²) in [5.41, 5.74) is 2.94. The molecule has 0 saturated carbocycles. The van der Waals surface area contributed by atoms with Gasteiger partial charge in [0, 0.05) is 36.1 Å². The van der Waals surface area contributed by atoms with Crippen molar-refractivity contribution in [1.82, 2.24) is 14.5 Å². The van der Waals surface area contributed by atoms with Crippen molar-refractivity contribution >= 4 is 23.3 Å². The highest BCUT2D eigenvalue weighted by molar-refractivity contribution is 6.31. The number of aliphatic carboxylic acids is 1. The highest BCUT2D eigenvalue weighted by Gasteiger charge is 2.24. The molecule has 0 amide bonds. The molecule has 0 fully saturated rings. The Labute approximate surface area is 154 Å². The third kappa shape index (κ3) is 3.63. The number of fused-ring (bicyclic) bond motifs is 3. The molecule has 1 aromatic carbocycles. The summed E-state index contributed by atoms with van der Waals surface area (Å²) in [7, 11) is 0. The van der Waals surface area contributed by atoms with Crippen LogP contribution in [0.4, 0.5) is 0 Å². The molecule has 1 unspecified atom stereocenters. The predicted octanol–water partition coefficient (Wildman–Crippen LogP) is 2.85. The second-order valence-corrected chi connectivity index (χ2v) is 5.84. The van der Waals surface area contributed by atoms with Crippen LogP contribution in [0.3, 0.4) is 0 Å². The van der Waals surface area contributed by atoms with Crippen molar-refractivity contribution in [2.75, 3.05) is 0 Å². The fourth-order valence-corrected chi connectivity index (χ4v) is 2.75. The molecular formula is C18H15ClN4O3. The van der Waals surface area contributed by atoms with Crippen molar-refractivity contribution in [3.8, 4) is 5.69 Å². The molecule has 1 aliphatic rings. The summed E-state index contributed by atoms with van der Waals surface area (Å²) in [6.07, 6.45) is 4.07. The Kier molecular flexibility index (Phi) is 5.11.